The van der Waals surface area contributed by atoms with Crippen LogP contribution in [0.3, 0.4) is 0 Å². The predicted octanol–water partition coefficient (Wildman–Crippen LogP) is 4.71. The van der Waals surface area contributed by atoms with Gasteiger partial charge in [-0.25, -0.2) is 4.31 Å². The molecule has 3 nitrogen and oxygen atoms in total. The van der Waals surface area contributed by atoms with Crippen molar-refractivity contribution in [3.63, 3.8) is 0 Å². The van der Waals surface area contributed by atoms with Crippen molar-refractivity contribution in [3.8, 4) is 0 Å². The third-order valence-corrected chi connectivity index (χ3v) is 6.23. The highest BCUT2D eigenvalue weighted by atomic mass is 32.2. The van der Waals surface area contributed by atoms with Crippen LogP contribution in [-0.4, -0.2) is 42.9 Å². The van der Waals surface area contributed by atoms with Crippen molar-refractivity contribution in [2.75, 3.05) is 33.7 Å². The molecule has 1 fully saturated rings. The van der Waals surface area contributed by atoms with Crippen molar-refractivity contribution in [1.82, 2.24) is 14.5 Å². The summed E-state index contributed by atoms with van der Waals surface area (Å²) in [6.45, 7) is 15.7. The van der Waals surface area contributed by atoms with E-state index in [9.17, 15) is 0 Å². The average Bonchev–Trinajstić information content (AvgIpc) is 2.61. The molecule has 1 heterocycles. The Morgan fingerprint density at radius 3 is 2.84 bits per heavy atom. The van der Waals surface area contributed by atoms with Crippen LogP contribution in [0, 0.1) is 5.41 Å². The molecule has 1 N–H and O–H groups in total. The lowest BCUT2D eigenvalue weighted by molar-refractivity contribution is 0.277. The Balaban J connectivity index is 2.14. The van der Waals surface area contributed by atoms with Gasteiger partial charge in [-0.1, -0.05) is 37.3 Å². The number of rotatable bonds is 8. The van der Waals surface area contributed by atoms with Crippen LogP contribution < -0.4 is 5.32 Å². The lowest BCUT2D eigenvalue weighted by Crippen LogP contribution is -2.42. The van der Waals surface area contributed by atoms with Gasteiger partial charge in [-0.3, -0.25) is 0 Å². The fraction of sp³-hybridized carbons (Fsp3) is 0.524. The maximum absolute atomic E-state index is 4.19. The van der Waals surface area contributed by atoms with Gasteiger partial charge < -0.3 is 10.2 Å². The first kappa shape index (κ1) is 19.9. The van der Waals surface area contributed by atoms with Crippen LogP contribution in [0.1, 0.15) is 33.1 Å². The molecule has 25 heavy (non-hydrogen) atoms. The molecule has 4 heteroatoms. The minimum absolute atomic E-state index is 0.0441. The third kappa shape index (κ3) is 4.62. The Hall–Kier alpha value is -1.39. The van der Waals surface area contributed by atoms with Crippen molar-refractivity contribution in [1.29, 1.82) is 0 Å². The summed E-state index contributed by atoms with van der Waals surface area (Å²) >= 11 is 1.82. The van der Waals surface area contributed by atoms with E-state index in [-0.39, 0.29) is 5.41 Å². The van der Waals surface area contributed by atoms with E-state index >= 15 is 0 Å². The zero-order chi connectivity index (χ0) is 18.4. The molecule has 0 aromatic heterocycles. The highest BCUT2D eigenvalue weighted by molar-refractivity contribution is 8.00. The van der Waals surface area contributed by atoms with E-state index in [4.69, 9.17) is 0 Å². The summed E-state index contributed by atoms with van der Waals surface area (Å²) < 4.78 is 2.47. The summed E-state index contributed by atoms with van der Waals surface area (Å²) in [5, 5.41) is 4.53. The van der Waals surface area contributed by atoms with E-state index in [0.29, 0.717) is 0 Å². The molecular weight excluding hydrogens is 326 g/mol. The molecule has 2 rings (SSSR count). The standard InChI is InChI=1S/C21H33N3S/c1-7-11-23(6)15-20(22-5)25-24-12-10-19-13-17(4)18(8-2)14-21(19,9-3)16-24/h8-9,13,15,22H,2-3,7,10-12,14,16H2,1,4-6H3/b20-15+. The zero-order valence-corrected chi connectivity index (χ0v) is 17.1. The first-order valence-corrected chi connectivity index (χ1v) is 9.95. The Morgan fingerprint density at radius 2 is 2.24 bits per heavy atom. The first-order chi connectivity index (χ1) is 12.0. The molecule has 1 saturated heterocycles. The number of nitrogens with one attached hydrogen (secondary N) is 1. The van der Waals surface area contributed by atoms with E-state index in [2.05, 4.69) is 66.9 Å². The quantitative estimate of drug-likeness (QED) is 0.500. The van der Waals surface area contributed by atoms with Crippen molar-refractivity contribution in [2.45, 2.75) is 33.1 Å². The number of fused-ring (bicyclic) bond motifs is 1. The fourth-order valence-electron chi connectivity index (χ4n) is 3.68. The predicted molar refractivity (Wildman–Crippen MR) is 112 cm³/mol. The lowest BCUT2D eigenvalue weighted by Gasteiger charge is -2.45. The summed E-state index contributed by atoms with van der Waals surface area (Å²) in [5.74, 6) is 0. The highest BCUT2D eigenvalue weighted by Crippen LogP contribution is 2.47. The van der Waals surface area contributed by atoms with Gasteiger partial charge in [0.05, 0.1) is 5.03 Å². The minimum Gasteiger partial charge on any atom is -0.381 e. The van der Waals surface area contributed by atoms with Gasteiger partial charge in [0.1, 0.15) is 0 Å². The smallest absolute Gasteiger partial charge is 0.0995 e. The number of allylic oxidation sites excluding steroid dienone is 4. The van der Waals surface area contributed by atoms with Crippen LogP contribution in [0.4, 0.5) is 0 Å². The molecule has 0 amide bonds. The second-order valence-electron chi connectivity index (χ2n) is 7.05. The maximum Gasteiger partial charge on any atom is 0.0995 e. The zero-order valence-electron chi connectivity index (χ0n) is 16.3. The highest BCUT2D eigenvalue weighted by Gasteiger charge is 2.39. The second-order valence-corrected chi connectivity index (χ2v) is 8.19. The van der Waals surface area contributed by atoms with Crippen LogP contribution >= 0.6 is 11.9 Å². The molecule has 0 saturated carbocycles. The number of hydrogen-bond donors (Lipinski definition) is 1. The Kier molecular flexibility index (Phi) is 7.03. The number of nitrogens with zero attached hydrogens (tertiary/aromatic N) is 2. The van der Waals surface area contributed by atoms with E-state index in [1.165, 1.54) is 21.7 Å². The van der Waals surface area contributed by atoms with E-state index in [0.717, 1.165) is 38.9 Å². The van der Waals surface area contributed by atoms with Crippen LogP contribution in [0.2, 0.25) is 0 Å². The molecule has 0 aromatic rings. The van der Waals surface area contributed by atoms with Crippen LogP contribution in [0.5, 0.6) is 0 Å². The Bertz CT molecular complexity index is 602. The summed E-state index contributed by atoms with van der Waals surface area (Å²) in [5.41, 5.74) is 4.28. The van der Waals surface area contributed by atoms with Crippen molar-refractivity contribution >= 4 is 11.9 Å². The largest absolute Gasteiger partial charge is 0.381 e. The van der Waals surface area contributed by atoms with E-state index in [1.807, 2.05) is 25.1 Å². The van der Waals surface area contributed by atoms with Crippen molar-refractivity contribution in [3.05, 3.63) is 59.3 Å². The van der Waals surface area contributed by atoms with Gasteiger partial charge in [0.25, 0.3) is 0 Å². The number of piperidine rings is 1. The third-order valence-electron chi connectivity index (χ3n) is 5.16. The SMILES string of the molecule is C=CC1=C(C)C=C2CCN(S/C(=C/N(C)CCC)NC)CC2(C=C)C1. The molecule has 138 valence electrons. The summed E-state index contributed by atoms with van der Waals surface area (Å²) in [4.78, 5) is 2.25. The Labute approximate surface area is 158 Å². The second kappa shape index (κ2) is 8.81. The first-order valence-electron chi connectivity index (χ1n) is 9.17. The molecule has 2 aliphatic rings. The van der Waals surface area contributed by atoms with E-state index in [1.54, 1.807) is 0 Å². The normalized spacial score (nSPS) is 24.5. The summed E-state index contributed by atoms with van der Waals surface area (Å²) in [6.07, 6.45) is 12.0. The van der Waals surface area contributed by atoms with Crippen LogP contribution in [0.15, 0.2) is 59.3 Å². The molecule has 1 aliphatic carbocycles. The van der Waals surface area contributed by atoms with Crippen LogP contribution in [-0.2, 0) is 0 Å². The van der Waals surface area contributed by atoms with E-state index < -0.39 is 0 Å². The maximum atomic E-state index is 4.19. The van der Waals surface area contributed by atoms with Crippen molar-refractivity contribution < 1.29 is 0 Å². The molecular formula is C21H33N3S. The molecule has 1 unspecified atom stereocenters. The van der Waals surface area contributed by atoms with Gasteiger partial charge in [-0.2, -0.15) is 0 Å². The molecule has 0 bridgehead atoms. The number of hydrogen-bond acceptors (Lipinski definition) is 4. The van der Waals surface area contributed by atoms with Gasteiger partial charge in [0, 0.05) is 45.3 Å². The van der Waals surface area contributed by atoms with Gasteiger partial charge in [-0.15, -0.1) is 6.58 Å². The lowest BCUT2D eigenvalue weighted by atomic mass is 9.68. The molecule has 0 radical (unpaired) electrons. The molecule has 1 aliphatic heterocycles. The summed E-state index contributed by atoms with van der Waals surface area (Å²) in [6, 6.07) is 0. The fourth-order valence-corrected chi connectivity index (χ4v) is 4.75. The van der Waals surface area contributed by atoms with Gasteiger partial charge in [-0.05, 0) is 49.3 Å². The van der Waals surface area contributed by atoms with Gasteiger partial charge in [0.2, 0.25) is 0 Å². The van der Waals surface area contributed by atoms with Gasteiger partial charge >= 0.3 is 0 Å². The summed E-state index contributed by atoms with van der Waals surface area (Å²) in [7, 11) is 4.13. The molecule has 0 aromatic carbocycles. The average molecular weight is 360 g/mol. The monoisotopic (exact) mass is 359 g/mol. The molecule has 0 spiro atoms. The van der Waals surface area contributed by atoms with Crippen molar-refractivity contribution in [2.24, 2.45) is 5.41 Å². The topological polar surface area (TPSA) is 18.5 Å². The van der Waals surface area contributed by atoms with Crippen LogP contribution in [0.25, 0.3) is 0 Å². The van der Waals surface area contributed by atoms with Gasteiger partial charge in [0.15, 0.2) is 0 Å². The molecule has 1 atom stereocenters. The Morgan fingerprint density at radius 1 is 1.48 bits per heavy atom. The minimum atomic E-state index is 0.0441.